The van der Waals surface area contributed by atoms with Crippen molar-refractivity contribution in [3.05, 3.63) is 93.8 Å². The lowest BCUT2D eigenvalue weighted by atomic mass is 10.1. The van der Waals surface area contributed by atoms with Gasteiger partial charge in [0.05, 0.1) is 12.0 Å². The molecule has 9 heteroatoms. The second kappa shape index (κ2) is 9.67. The molecular weight excluding hydrogens is 480 g/mol. The third-order valence-corrected chi connectivity index (χ3v) is 7.88. The van der Waals surface area contributed by atoms with E-state index in [1.54, 1.807) is 43.5 Å². The van der Waals surface area contributed by atoms with E-state index in [-0.39, 0.29) is 23.5 Å². The van der Waals surface area contributed by atoms with Crippen molar-refractivity contribution in [1.29, 1.82) is 0 Å². The van der Waals surface area contributed by atoms with Gasteiger partial charge in [-0.25, -0.2) is 8.42 Å². The fourth-order valence-electron chi connectivity index (χ4n) is 4.16. The quantitative estimate of drug-likeness (QED) is 0.407. The first kappa shape index (κ1) is 23.9. The van der Waals surface area contributed by atoms with E-state index in [4.69, 9.17) is 14.2 Å². The van der Waals surface area contributed by atoms with Crippen molar-refractivity contribution in [2.75, 3.05) is 20.3 Å². The molecule has 8 nitrogen and oxygen atoms in total. The largest absolute Gasteiger partial charge is 0.497 e. The van der Waals surface area contributed by atoms with Crippen LogP contribution in [0.3, 0.4) is 0 Å². The molecule has 36 heavy (non-hydrogen) atoms. The zero-order valence-electron chi connectivity index (χ0n) is 20.0. The summed E-state index contributed by atoms with van der Waals surface area (Å²) in [5, 5.41) is 0.830. The molecule has 0 saturated carbocycles. The SMILES string of the molecule is COc1ccc(CN(Cc2cc3ccc(C)cc3[nH]c2=O)S(=O)(=O)c2ccc3c(c2)OCCO3)cc1. The van der Waals surface area contributed by atoms with Gasteiger partial charge in [-0.15, -0.1) is 0 Å². The monoisotopic (exact) mass is 506 g/mol. The molecule has 186 valence electrons. The van der Waals surface area contributed by atoms with Crippen LogP contribution in [0.15, 0.2) is 76.4 Å². The highest BCUT2D eigenvalue weighted by molar-refractivity contribution is 7.89. The minimum atomic E-state index is -4.01. The van der Waals surface area contributed by atoms with Crippen LogP contribution in [-0.4, -0.2) is 38.0 Å². The Morgan fingerprint density at radius 3 is 2.42 bits per heavy atom. The number of methoxy groups -OCH3 is 1. The topological polar surface area (TPSA) is 97.9 Å². The van der Waals surface area contributed by atoms with E-state index in [2.05, 4.69) is 4.98 Å². The van der Waals surface area contributed by atoms with Crippen LogP contribution in [0, 0.1) is 6.92 Å². The van der Waals surface area contributed by atoms with Crippen molar-refractivity contribution in [1.82, 2.24) is 9.29 Å². The highest BCUT2D eigenvalue weighted by Gasteiger charge is 2.28. The number of aromatic amines is 1. The summed E-state index contributed by atoms with van der Waals surface area (Å²) in [5.74, 6) is 1.55. The number of nitrogens with zero attached hydrogens (tertiary/aromatic N) is 1. The number of aromatic nitrogens is 1. The number of ether oxygens (including phenoxy) is 3. The van der Waals surface area contributed by atoms with Crippen molar-refractivity contribution in [3.63, 3.8) is 0 Å². The fraction of sp³-hybridized carbons (Fsp3) is 0.222. The normalized spacial score (nSPS) is 13.2. The van der Waals surface area contributed by atoms with E-state index in [0.717, 1.165) is 16.5 Å². The van der Waals surface area contributed by atoms with E-state index in [0.29, 0.717) is 41.5 Å². The van der Waals surface area contributed by atoms with Gasteiger partial charge in [-0.05, 0) is 59.8 Å². The summed E-state index contributed by atoms with van der Waals surface area (Å²) >= 11 is 0. The first-order valence-corrected chi connectivity index (χ1v) is 12.9. The van der Waals surface area contributed by atoms with Crippen LogP contribution in [0.1, 0.15) is 16.7 Å². The summed E-state index contributed by atoms with van der Waals surface area (Å²) in [4.78, 5) is 15.9. The molecule has 4 aromatic rings. The van der Waals surface area contributed by atoms with Crippen molar-refractivity contribution < 1.29 is 22.6 Å². The lowest BCUT2D eigenvalue weighted by Gasteiger charge is -2.24. The molecule has 1 aliphatic heterocycles. The molecule has 0 saturated heterocycles. The molecule has 1 N–H and O–H groups in total. The highest BCUT2D eigenvalue weighted by atomic mass is 32.2. The Hall–Kier alpha value is -3.82. The molecular formula is C27H26N2O6S. The second-order valence-corrected chi connectivity index (χ2v) is 10.6. The number of pyridine rings is 1. The Bertz CT molecular complexity index is 1580. The van der Waals surface area contributed by atoms with Gasteiger partial charge < -0.3 is 19.2 Å². The standard InChI is InChI=1S/C27H26N2O6S/c1-18-3-6-20-14-21(27(30)28-24(20)13-18)17-29(16-19-4-7-22(33-2)8-5-19)36(31,32)23-9-10-25-26(15-23)35-12-11-34-25/h3-10,13-15H,11-12,16-17H2,1-2H3,(H,28,30). The average Bonchev–Trinajstić information content (AvgIpc) is 2.88. The molecule has 5 rings (SSSR count). The number of H-pyrrole nitrogens is 1. The Kier molecular flexibility index (Phi) is 6.42. The number of nitrogens with one attached hydrogen (secondary N) is 1. The summed E-state index contributed by atoms with van der Waals surface area (Å²) in [7, 11) is -2.44. The molecule has 0 bridgehead atoms. The van der Waals surface area contributed by atoms with Crippen LogP contribution in [0.4, 0.5) is 0 Å². The Morgan fingerprint density at radius 1 is 0.917 bits per heavy atom. The van der Waals surface area contributed by atoms with E-state index in [9.17, 15) is 13.2 Å². The third kappa shape index (κ3) is 4.80. The molecule has 0 fully saturated rings. The summed E-state index contributed by atoms with van der Waals surface area (Å²) < 4.78 is 45.4. The van der Waals surface area contributed by atoms with Crippen molar-refractivity contribution >= 4 is 20.9 Å². The van der Waals surface area contributed by atoms with E-state index >= 15 is 0 Å². The van der Waals surface area contributed by atoms with E-state index in [1.807, 2.05) is 25.1 Å². The molecule has 0 amide bonds. The second-order valence-electron chi connectivity index (χ2n) is 8.64. The summed E-state index contributed by atoms with van der Waals surface area (Å²) in [5.41, 5.74) is 2.50. The number of sulfonamides is 1. The van der Waals surface area contributed by atoms with Gasteiger partial charge in [-0.2, -0.15) is 4.31 Å². The van der Waals surface area contributed by atoms with Gasteiger partial charge in [0.1, 0.15) is 19.0 Å². The zero-order chi connectivity index (χ0) is 25.3. The van der Waals surface area contributed by atoms with Crippen LogP contribution in [0.5, 0.6) is 17.2 Å². The fourth-order valence-corrected chi connectivity index (χ4v) is 5.58. The van der Waals surface area contributed by atoms with Gasteiger partial charge in [0.15, 0.2) is 11.5 Å². The first-order chi connectivity index (χ1) is 17.3. The van der Waals surface area contributed by atoms with Gasteiger partial charge in [-0.1, -0.05) is 24.3 Å². The maximum absolute atomic E-state index is 13.9. The van der Waals surface area contributed by atoms with Gasteiger partial charge >= 0.3 is 0 Å². The number of hydrogen-bond acceptors (Lipinski definition) is 6. The first-order valence-electron chi connectivity index (χ1n) is 11.5. The van der Waals surface area contributed by atoms with Crippen LogP contribution < -0.4 is 19.8 Å². The lowest BCUT2D eigenvalue weighted by Crippen LogP contribution is -2.32. The van der Waals surface area contributed by atoms with E-state index < -0.39 is 10.0 Å². The van der Waals surface area contributed by atoms with Crippen molar-refractivity contribution in [2.45, 2.75) is 24.9 Å². The molecule has 2 heterocycles. The molecule has 0 spiro atoms. The maximum atomic E-state index is 13.9. The Morgan fingerprint density at radius 2 is 1.67 bits per heavy atom. The van der Waals surface area contributed by atoms with Gasteiger partial charge in [0.2, 0.25) is 10.0 Å². The molecule has 0 aliphatic carbocycles. The molecule has 3 aromatic carbocycles. The lowest BCUT2D eigenvalue weighted by molar-refractivity contribution is 0.171. The molecule has 0 radical (unpaired) electrons. The average molecular weight is 507 g/mol. The number of fused-ring (bicyclic) bond motifs is 2. The predicted octanol–water partition coefficient (Wildman–Crippen LogP) is 4.01. The number of rotatable bonds is 7. The van der Waals surface area contributed by atoms with Gasteiger partial charge in [0, 0.05) is 30.2 Å². The van der Waals surface area contributed by atoms with Crippen LogP contribution in [0.25, 0.3) is 10.9 Å². The van der Waals surface area contributed by atoms with Crippen LogP contribution in [0.2, 0.25) is 0 Å². The van der Waals surface area contributed by atoms with Crippen molar-refractivity contribution in [3.8, 4) is 17.2 Å². The molecule has 1 aromatic heterocycles. The number of aryl methyl sites for hydroxylation is 1. The number of hydrogen-bond donors (Lipinski definition) is 1. The summed E-state index contributed by atoms with van der Waals surface area (Å²) in [6, 6.07) is 19.2. The minimum Gasteiger partial charge on any atom is -0.497 e. The maximum Gasteiger partial charge on any atom is 0.252 e. The minimum absolute atomic E-state index is 0.0617. The van der Waals surface area contributed by atoms with Crippen LogP contribution >= 0.6 is 0 Å². The summed E-state index contributed by atoms with van der Waals surface area (Å²) in [6.45, 7) is 2.65. The molecule has 0 atom stereocenters. The Labute approximate surface area is 209 Å². The zero-order valence-corrected chi connectivity index (χ0v) is 20.8. The van der Waals surface area contributed by atoms with E-state index in [1.165, 1.54) is 16.4 Å². The predicted molar refractivity (Wildman–Crippen MR) is 136 cm³/mol. The smallest absolute Gasteiger partial charge is 0.252 e. The number of benzene rings is 3. The Balaban J connectivity index is 1.55. The highest BCUT2D eigenvalue weighted by Crippen LogP contribution is 2.34. The molecule has 0 unspecified atom stereocenters. The van der Waals surface area contributed by atoms with Crippen molar-refractivity contribution in [2.24, 2.45) is 0 Å². The van der Waals surface area contributed by atoms with Gasteiger partial charge in [-0.3, -0.25) is 4.79 Å². The molecule has 1 aliphatic rings. The third-order valence-electron chi connectivity index (χ3n) is 6.09. The summed E-state index contributed by atoms with van der Waals surface area (Å²) in [6.07, 6.45) is 0. The van der Waals surface area contributed by atoms with Crippen LogP contribution in [-0.2, 0) is 23.1 Å². The van der Waals surface area contributed by atoms with Gasteiger partial charge in [0.25, 0.3) is 5.56 Å².